The summed E-state index contributed by atoms with van der Waals surface area (Å²) in [7, 11) is 0. The van der Waals surface area contributed by atoms with Gasteiger partial charge in [0.1, 0.15) is 5.60 Å². The van der Waals surface area contributed by atoms with Crippen LogP contribution in [0.3, 0.4) is 0 Å². The molecule has 1 aliphatic heterocycles. The molecule has 0 fully saturated rings. The number of tetrazole rings is 1. The van der Waals surface area contributed by atoms with Crippen molar-refractivity contribution in [3.8, 4) is 22.5 Å². The number of H-pyrrole nitrogens is 1. The summed E-state index contributed by atoms with van der Waals surface area (Å²) in [5, 5.41) is 35.9. The summed E-state index contributed by atoms with van der Waals surface area (Å²) in [6.07, 6.45) is -0.888. The summed E-state index contributed by atoms with van der Waals surface area (Å²) in [5.41, 5.74) is 1.50. The highest BCUT2D eigenvalue weighted by Crippen LogP contribution is 2.50. The van der Waals surface area contributed by atoms with Crippen molar-refractivity contribution >= 4 is 29.6 Å². The zero-order chi connectivity index (χ0) is 29.1. The monoisotopic (exact) mass is 568 g/mol. The second kappa shape index (κ2) is 11.6. The summed E-state index contributed by atoms with van der Waals surface area (Å²) in [6.45, 7) is 8.23. The first-order chi connectivity index (χ1) is 19.0. The van der Waals surface area contributed by atoms with Crippen LogP contribution < -0.4 is 4.90 Å². The lowest BCUT2D eigenvalue weighted by Crippen LogP contribution is -2.53. The maximum Gasteiger partial charge on any atom is 0.509 e. The average Bonchev–Trinajstić information content (AvgIpc) is 3.53. The number of hydrogen-bond donors (Lipinski definition) is 3. The van der Waals surface area contributed by atoms with Gasteiger partial charge in [-0.15, -0.1) is 22.0 Å². The van der Waals surface area contributed by atoms with Crippen molar-refractivity contribution in [1.82, 2.24) is 25.5 Å². The zero-order valence-corrected chi connectivity index (χ0v) is 23.7. The highest BCUT2D eigenvalue weighted by Gasteiger charge is 2.54. The number of carboxylic acid groups (broad SMARTS) is 1. The van der Waals surface area contributed by atoms with Crippen molar-refractivity contribution in [3.05, 3.63) is 59.9 Å². The lowest BCUT2D eigenvalue weighted by atomic mass is 9.99. The molecular formula is C27H32N6O6S. The molecular weight excluding hydrogens is 536 g/mol. The van der Waals surface area contributed by atoms with Gasteiger partial charge in [0.05, 0.1) is 12.3 Å². The van der Waals surface area contributed by atoms with Crippen molar-refractivity contribution in [1.29, 1.82) is 0 Å². The number of carboxylic acids is 1. The lowest BCUT2D eigenvalue weighted by molar-refractivity contribution is -0.132. The van der Waals surface area contributed by atoms with Gasteiger partial charge in [-0.25, -0.2) is 9.59 Å². The number of aromatic nitrogens is 4. The third-order valence-electron chi connectivity index (χ3n) is 6.36. The number of anilines is 1. The highest BCUT2D eigenvalue weighted by atomic mass is 32.2. The number of hydrogen-bond acceptors (Lipinski definition) is 11. The predicted octanol–water partition coefficient (Wildman–Crippen LogP) is 4.28. The molecule has 1 aromatic heterocycles. The maximum absolute atomic E-state index is 12.8. The molecule has 2 heterocycles. The second-order valence-electron chi connectivity index (χ2n) is 9.48. The van der Waals surface area contributed by atoms with Gasteiger partial charge in [0.25, 0.3) is 0 Å². The van der Waals surface area contributed by atoms with Crippen LogP contribution >= 0.6 is 11.8 Å². The number of carbonyl (C=O) groups is 2. The number of rotatable bonds is 10. The highest BCUT2D eigenvalue weighted by molar-refractivity contribution is 8.00. The van der Waals surface area contributed by atoms with E-state index >= 15 is 0 Å². The van der Waals surface area contributed by atoms with E-state index in [1.165, 1.54) is 25.6 Å². The predicted molar refractivity (Wildman–Crippen MR) is 150 cm³/mol. The number of ether oxygens (including phenoxy) is 2. The van der Waals surface area contributed by atoms with E-state index in [1.807, 2.05) is 62.4 Å². The van der Waals surface area contributed by atoms with Crippen LogP contribution in [0.1, 0.15) is 34.6 Å². The van der Waals surface area contributed by atoms with Crippen LogP contribution in [0.15, 0.2) is 59.9 Å². The summed E-state index contributed by atoms with van der Waals surface area (Å²) >= 11 is 1.44. The molecule has 13 heteroatoms. The van der Waals surface area contributed by atoms with Crippen molar-refractivity contribution in [2.75, 3.05) is 24.0 Å². The molecule has 0 radical (unpaired) electrons. The van der Waals surface area contributed by atoms with E-state index in [0.29, 0.717) is 17.3 Å². The summed E-state index contributed by atoms with van der Waals surface area (Å²) in [6, 6.07) is 15.0. The normalized spacial score (nSPS) is 17.4. The molecule has 1 atom stereocenters. The summed E-state index contributed by atoms with van der Waals surface area (Å²) in [5.74, 6) is -0.176. The van der Waals surface area contributed by atoms with Gasteiger partial charge in [-0.3, -0.25) is 0 Å². The van der Waals surface area contributed by atoms with E-state index in [9.17, 15) is 19.8 Å². The first-order valence-electron chi connectivity index (χ1n) is 12.7. The van der Waals surface area contributed by atoms with Crippen LogP contribution in [-0.2, 0) is 14.3 Å². The molecule has 1 aliphatic rings. The van der Waals surface area contributed by atoms with Crippen LogP contribution in [-0.4, -0.2) is 77.5 Å². The largest absolute Gasteiger partial charge is 0.509 e. The fourth-order valence-electron chi connectivity index (χ4n) is 4.83. The van der Waals surface area contributed by atoms with Crippen LogP contribution in [0.4, 0.5) is 10.5 Å². The number of aliphatic carboxylic acids is 1. The second-order valence-corrected chi connectivity index (χ2v) is 11.1. The van der Waals surface area contributed by atoms with E-state index in [1.54, 1.807) is 16.7 Å². The van der Waals surface area contributed by atoms with Gasteiger partial charge in [0.2, 0.25) is 5.82 Å². The van der Waals surface area contributed by atoms with Crippen molar-refractivity contribution < 1.29 is 29.3 Å². The minimum absolute atomic E-state index is 0.110. The fourth-order valence-corrected chi connectivity index (χ4v) is 6.00. The van der Waals surface area contributed by atoms with Crippen molar-refractivity contribution in [3.63, 3.8) is 0 Å². The first kappa shape index (κ1) is 28.9. The number of nitrogens with one attached hydrogen (secondary N) is 1. The molecule has 12 nitrogen and oxygen atoms in total. The number of thioether (sulfide) groups is 1. The van der Waals surface area contributed by atoms with Gasteiger partial charge in [-0.2, -0.15) is 5.21 Å². The Kier molecular flexibility index (Phi) is 8.35. The van der Waals surface area contributed by atoms with E-state index in [0.717, 1.165) is 16.7 Å². The number of nitrogens with zero attached hydrogens (tertiary/aromatic N) is 5. The van der Waals surface area contributed by atoms with Gasteiger partial charge in [0, 0.05) is 11.3 Å². The Morgan fingerprint density at radius 2 is 1.75 bits per heavy atom. The van der Waals surface area contributed by atoms with Gasteiger partial charge in [0.15, 0.2) is 17.4 Å². The van der Waals surface area contributed by atoms with Crippen LogP contribution in [0.5, 0.6) is 0 Å². The number of aromatic amines is 1. The fraction of sp³-hybridized carbons (Fsp3) is 0.370. The molecule has 40 heavy (non-hydrogen) atoms. The Balaban J connectivity index is 1.82. The van der Waals surface area contributed by atoms with E-state index < -0.39 is 22.7 Å². The zero-order valence-electron chi connectivity index (χ0n) is 22.9. The molecule has 212 valence electrons. The smallest absolute Gasteiger partial charge is 0.477 e. The standard InChI is InChI=1S/C27H32N6O6S/c1-6-38-25(36)39-16-32-22(26(3,4)37)21(24(34)35)33(27(32,5)40-7-2)18-14-12-17(13-15-18)19-10-8-9-11-20(19)23-28-30-31-29-23/h8-15,37H,6-7,16H2,1-5H3,(H,34,35)(H,28,29,30,31). The minimum atomic E-state index is -1.58. The topological polar surface area (TPSA) is 154 Å². The van der Waals surface area contributed by atoms with E-state index in [2.05, 4.69) is 20.6 Å². The summed E-state index contributed by atoms with van der Waals surface area (Å²) in [4.78, 5) is 27.0. The Hall–Kier alpha value is -4.10. The van der Waals surface area contributed by atoms with Crippen molar-refractivity contribution in [2.45, 2.75) is 45.2 Å². The molecule has 0 bridgehead atoms. The number of aliphatic hydroxyl groups is 1. The molecule has 3 aromatic rings. The lowest BCUT2D eigenvalue weighted by Gasteiger charge is -2.44. The third-order valence-corrected chi connectivity index (χ3v) is 7.60. The Bertz CT molecular complexity index is 1390. The summed E-state index contributed by atoms with van der Waals surface area (Å²) < 4.78 is 10.2. The van der Waals surface area contributed by atoms with Gasteiger partial charge in [-0.05, 0) is 61.9 Å². The molecule has 0 saturated carbocycles. The van der Waals surface area contributed by atoms with Gasteiger partial charge >= 0.3 is 12.1 Å². The first-order valence-corrected chi connectivity index (χ1v) is 13.7. The molecule has 2 aromatic carbocycles. The molecule has 4 rings (SSSR count). The molecule has 0 amide bonds. The number of benzene rings is 2. The van der Waals surface area contributed by atoms with Gasteiger partial charge < -0.3 is 29.5 Å². The molecule has 0 spiro atoms. The van der Waals surface area contributed by atoms with E-state index in [-0.39, 0.29) is 24.7 Å². The van der Waals surface area contributed by atoms with Crippen LogP contribution in [0, 0.1) is 0 Å². The SMILES string of the molecule is CCOC(=O)OCN1C(C(C)(C)O)=C(C(=O)O)N(c2ccc(-c3ccccc3-c3nn[nH]n3)cc2)C1(C)SCC. The van der Waals surface area contributed by atoms with Gasteiger partial charge in [-0.1, -0.05) is 43.3 Å². The van der Waals surface area contributed by atoms with Crippen molar-refractivity contribution in [2.24, 2.45) is 0 Å². The Labute approximate surface area is 236 Å². The third kappa shape index (κ3) is 5.47. The van der Waals surface area contributed by atoms with Crippen LogP contribution in [0.25, 0.3) is 22.5 Å². The number of carbonyl (C=O) groups excluding carboxylic acids is 1. The van der Waals surface area contributed by atoms with Crippen LogP contribution in [0.2, 0.25) is 0 Å². The molecule has 0 aliphatic carbocycles. The minimum Gasteiger partial charge on any atom is -0.477 e. The van der Waals surface area contributed by atoms with E-state index in [4.69, 9.17) is 9.47 Å². The average molecular weight is 569 g/mol. The maximum atomic E-state index is 12.8. The Morgan fingerprint density at radius 3 is 2.30 bits per heavy atom. The molecule has 3 N–H and O–H groups in total. The quantitative estimate of drug-likeness (QED) is 0.299. The Morgan fingerprint density at radius 1 is 1.07 bits per heavy atom. The molecule has 0 saturated heterocycles. The molecule has 1 unspecified atom stereocenters.